The predicted molar refractivity (Wildman–Crippen MR) is 81.0 cm³/mol. The zero-order chi connectivity index (χ0) is 15.2. The highest BCUT2D eigenvalue weighted by Gasteiger charge is 2.07. The Morgan fingerprint density at radius 1 is 1.24 bits per heavy atom. The van der Waals surface area contributed by atoms with Gasteiger partial charge in [-0.15, -0.1) is 0 Å². The van der Waals surface area contributed by atoms with E-state index in [1.807, 2.05) is 43.3 Å². The molecule has 1 aromatic heterocycles. The number of nitrogens with zero attached hydrogens (tertiary/aromatic N) is 2. The standard InChI is InChI=1S/C16H18N2O3/c1-4-20-16(19)12-8-9-15(17-11-12)21-14-7-5-6-13(10-14)18(2)3/h5-11H,4H2,1-3H3. The number of pyridine rings is 1. The highest BCUT2D eigenvalue weighted by atomic mass is 16.5. The molecule has 0 bridgehead atoms. The smallest absolute Gasteiger partial charge is 0.339 e. The van der Waals surface area contributed by atoms with Crippen molar-refractivity contribution in [2.75, 3.05) is 25.6 Å². The van der Waals surface area contributed by atoms with Gasteiger partial charge >= 0.3 is 5.97 Å². The molecule has 0 saturated heterocycles. The number of benzene rings is 1. The molecule has 1 heterocycles. The zero-order valence-corrected chi connectivity index (χ0v) is 12.4. The Bertz CT molecular complexity index is 609. The summed E-state index contributed by atoms with van der Waals surface area (Å²) in [5.74, 6) is 0.739. The third-order valence-electron chi connectivity index (χ3n) is 2.80. The third-order valence-corrected chi connectivity index (χ3v) is 2.80. The molecule has 0 unspecified atom stereocenters. The van der Waals surface area contributed by atoms with Gasteiger partial charge in [0.05, 0.1) is 12.2 Å². The van der Waals surface area contributed by atoms with Crippen molar-refractivity contribution >= 4 is 11.7 Å². The molecule has 0 N–H and O–H groups in total. The molecule has 5 heteroatoms. The molecular formula is C16H18N2O3. The fraction of sp³-hybridized carbons (Fsp3) is 0.250. The molecule has 0 aliphatic carbocycles. The van der Waals surface area contributed by atoms with Crippen LogP contribution in [-0.2, 0) is 4.74 Å². The van der Waals surface area contributed by atoms with Gasteiger partial charge in [0.15, 0.2) is 0 Å². The molecule has 0 fully saturated rings. The van der Waals surface area contributed by atoms with Crippen LogP contribution < -0.4 is 9.64 Å². The summed E-state index contributed by atoms with van der Waals surface area (Å²) in [6.07, 6.45) is 1.45. The Morgan fingerprint density at radius 2 is 2.05 bits per heavy atom. The average Bonchev–Trinajstić information content (AvgIpc) is 2.48. The topological polar surface area (TPSA) is 51.7 Å². The van der Waals surface area contributed by atoms with E-state index in [0.717, 1.165) is 5.69 Å². The minimum absolute atomic E-state index is 0.342. The van der Waals surface area contributed by atoms with E-state index >= 15 is 0 Å². The van der Waals surface area contributed by atoms with Crippen LogP contribution in [-0.4, -0.2) is 31.7 Å². The molecule has 0 radical (unpaired) electrons. The van der Waals surface area contributed by atoms with Crippen LogP contribution in [0.5, 0.6) is 11.6 Å². The van der Waals surface area contributed by atoms with E-state index in [-0.39, 0.29) is 5.97 Å². The average molecular weight is 286 g/mol. The number of carbonyl (C=O) groups is 1. The number of hydrogen-bond donors (Lipinski definition) is 0. The summed E-state index contributed by atoms with van der Waals surface area (Å²) in [6, 6.07) is 11.0. The summed E-state index contributed by atoms with van der Waals surface area (Å²) < 4.78 is 10.6. The molecule has 5 nitrogen and oxygen atoms in total. The van der Waals surface area contributed by atoms with Crippen molar-refractivity contribution < 1.29 is 14.3 Å². The molecule has 0 spiro atoms. The summed E-state index contributed by atoms with van der Waals surface area (Å²) >= 11 is 0. The molecule has 0 saturated carbocycles. The van der Waals surface area contributed by atoms with Crippen molar-refractivity contribution in [3.05, 3.63) is 48.2 Å². The summed E-state index contributed by atoms with van der Waals surface area (Å²) in [7, 11) is 3.93. The maximum Gasteiger partial charge on any atom is 0.339 e. The molecule has 21 heavy (non-hydrogen) atoms. The summed E-state index contributed by atoms with van der Waals surface area (Å²) in [5.41, 5.74) is 1.45. The molecule has 0 aliphatic heterocycles. The lowest BCUT2D eigenvalue weighted by Gasteiger charge is -2.13. The van der Waals surface area contributed by atoms with E-state index in [2.05, 4.69) is 4.98 Å². The normalized spacial score (nSPS) is 10.0. The summed E-state index contributed by atoms with van der Waals surface area (Å²) in [4.78, 5) is 17.6. The van der Waals surface area contributed by atoms with Crippen molar-refractivity contribution in [1.82, 2.24) is 4.98 Å². The van der Waals surface area contributed by atoms with Crippen molar-refractivity contribution in [3.8, 4) is 11.6 Å². The zero-order valence-electron chi connectivity index (χ0n) is 12.4. The minimum Gasteiger partial charge on any atom is -0.462 e. The van der Waals surface area contributed by atoms with Gasteiger partial charge in [0.25, 0.3) is 0 Å². The number of rotatable bonds is 5. The van der Waals surface area contributed by atoms with Gasteiger partial charge in [0.1, 0.15) is 5.75 Å². The van der Waals surface area contributed by atoms with Gasteiger partial charge in [-0.2, -0.15) is 0 Å². The van der Waals surface area contributed by atoms with Crippen molar-refractivity contribution in [2.24, 2.45) is 0 Å². The number of ether oxygens (including phenoxy) is 2. The quantitative estimate of drug-likeness (QED) is 0.790. The van der Waals surface area contributed by atoms with Crippen LogP contribution in [0.2, 0.25) is 0 Å². The largest absolute Gasteiger partial charge is 0.462 e. The van der Waals surface area contributed by atoms with E-state index in [1.54, 1.807) is 19.1 Å². The summed E-state index contributed by atoms with van der Waals surface area (Å²) in [6.45, 7) is 2.11. The van der Waals surface area contributed by atoms with Crippen LogP contribution in [0.3, 0.4) is 0 Å². The third kappa shape index (κ3) is 3.95. The SMILES string of the molecule is CCOC(=O)c1ccc(Oc2cccc(N(C)C)c2)nc1. The van der Waals surface area contributed by atoms with Gasteiger partial charge in [0, 0.05) is 38.1 Å². The van der Waals surface area contributed by atoms with E-state index in [0.29, 0.717) is 23.8 Å². The number of esters is 1. The molecule has 2 aromatic rings. The van der Waals surface area contributed by atoms with Crippen molar-refractivity contribution in [1.29, 1.82) is 0 Å². The second-order valence-corrected chi connectivity index (χ2v) is 4.60. The van der Waals surface area contributed by atoms with Gasteiger partial charge in [-0.3, -0.25) is 0 Å². The molecular weight excluding hydrogens is 268 g/mol. The van der Waals surface area contributed by atoms with Crippen LogP contribution in [0.1, 0.15) is 17.3 Å². The monoisotopic (exact) mass is 286 g/mol. The van der Waals surface area contributed by atoms with E-state index < -0.39 is 0 Å². The van der Waals surface area contributed by atoms with E-state index in [9.17, 15) is 4.79 Å². The Hall–Kier alpha value is -2.56. The molecule has 0 aliphatic rings. The van der Waals surface area contributed by atoms with Gasteiger partial charge in [-0.1, -0.05) is 6.07 Å². The van der Waals surface area contributed by atoms with Gasteiger partial charge in [-0.25, -0.2) is 9.78 Å². The molecule has 2 rings (SSSR count). The first-order valence-electron chi connectivity index (χ1n) is 6.68. The van der Waals surface area contributed by atoms with Crippen molar-refractivity contribution in [2.45, 2.75) is 6.92 Å². The second kappa shape index (κ2) is 6.74. The minimum atomic E-state index is -0.383. The Labute approximate surface area is 124 Å². The first-order chi connectivity index (χ1) is 10.1. The van der Waals surface area contributed by atoms with Crippen LogP contribution in [0.15, 0.2) is 42.6 Å². The number of aromatic nitrogens is 1. The lowest BCUT2D eigenvalue weighted by Crippen LogP contribution is -2.08. The Kier molecular flexibility index (Phi) is 4.77. The number of hydrogen-bond acceptors (Lipinski definition) is 5. The summed E-state index contributed by atoms with van der Waals surface area (Å²) in [5, 5.41) is 0. The first kappa shape index (κ1) is 14.8. The van der Waals surface area contributed by atoms with Crippen LogP contribution in [0.4, 0.5) is 5.69 Å². The fourth-order valence-corrected chi connectivity index (χ4v) is 1.72. The fourth-order valence-electron chi connectivity index (χ4n) is 1.72. The van der Waals surface area contributed by atoms with Crippen molar-refractivity contribution in [3.63, 3.8) is 0 Å². The van der Waals surface area contributed by atoms with E-state index in [1.165, 1.54) is 6.20 Å². The molecule has 0 atom stereocenters. The van der Waals surface area contributed by atoms with E-state index in [4.69, 9.17) is 9.47 Å². The lowest BCUT2D eigenvalue weighted by molar-refractivity contribution is 0.0526. The first-order valence-corrected chi connectivity index (χ1v) is 6.68. The highest BCUT2D eigenvalue weighted by molar-refractivity contribution is 5.89. The molecule has 1 aromatic carbocycles. The highest BCUT2D eigenvalue weighted by Crippen LogP contribution is 2.24. The van der Waals surface area contributed by atoms with Gasteiger partial charge < -0.3 is 14.4 Å². The number of anilines is 1. The van der Waals surface area contributed by atoms with Crippen LogP contribution >= 0.6 is 0 Å². The Balaban J connectivity index is 2.10. The lowest BCUT2D eigenvalue weighted by atomic mass is 10.3. The Morgan fingerprint density at radius 3 is 2.67 bits per heavy atom. The second-order valence-electron chi connectivity index (χ2n) is 4.60. The van der Waals surface area contributed by atoms with Crippen LogP contribution in [0, 0.1) is 0 Å². The number of carbonyl (C=O) groups excluding carboxylic acids is 1. The molecule has 110 valence electrons. The van der Waals surface area contributed by atoms with Gasteiger partial charge in [0.2, 0.25) is 5.88 Å². The van der Waals surface area contributed by atoms with Gasteiger partial charge in [-0.05, 0) is 25.1 Å². The van der Waals surface area contributed by atoms with Crippen LogP contribution in [0.25, 0.3) is 0 Å². The maximum atomic E-state index is 11.5. The molecule has 0 amide bonds. The predicted octanol–water partition coefficient (Wildman–Crippen LogP) is 3.12. The maximum absolute atomic E-state index is 11.5.